The maximum Gasteiger partial charge on any atom is 0.156 e. The van der Waals surface area contributed by atoms with Gasteiger partial charge in [0.2, 0.25) is 0 Å². The smallest absolute Gasteiger partial charge is 0.156 e. The first kappa shape index (κ1) is 11.9. The van der Waals surface area contributed by atoms with E-state index in [-0.39, 0.29) is 0 Å². The van der Waals surface area contributed by atoms with Gasteiger partial charge in [-0.05, 0) is 17.7 Å². The van der Waals surface area contributed by atoms with E-state index in [0.717, 1.165) is 27.2 Å². The molecule has 2 aromatic carbocycles. The van der Waals surface area contributed by atoms with E-state index in [1.165, 1.54) is 0 Å². The Morgan fingerprint density at radius 1 is 1.05 bits per heavy atom. The van der Waals surface area contributed by atoms with Crippen molar-refractivity contribution < 1.29 is 0 Å². The molecular formula is C15H12ClN3. The number of hydrogen-bond acceptors (Lipinski definition) is 3. The monoisotopic (exact) mass is 269 g/mol. The second kappa shape index (κ2) is 5.24. The summed E-state index contributed by atoms with van der Waals surface area (Å²) in [6, 6.07) is 15.8. The van der Waals surface area contributed by atoms with Gasteiger partial charge in [0.15, 0.2) is 5.82 Å². The minimum Gasteiger partial charge on any atom is -0.364 e. The molecule has 3 rings (SSSR count). The minimum absolute atomic E-state index is 0.670. The predicted molar refractivity (Wildman–Crippen MR) is 78.3 cm³/mol. The number of nitrogens with zero attached hydrogens (tertiary/aromatic N) is 2. The Morgan fingerprint density at radius 2 is 1.95 bits per heavy atom. The Morgan fingerprint density at radius 3 is 2.84 bits per heavy atom. The summed E-state index contributed by atoms with van der Waals surface area (Å²) in [5, 5.41) is 14.3. The van der Waals surface area contributed by atoms with Crippen LogP contribution in [0.3, 0.4) is 0 Å². The highest BCUT2D eigenvalue weighted by Gasteiger charge is 2.02. The van der Waals surface area contributed by atoms with Gasteiger partial charge < -0.3 is 5.32 Å². The van der Waals surface area contributed by atoms with E-state index in [0.29, 0.717) is 6.54 Å². The largest absolute Gasteiger partial charge is 0.364 e. The van der Waals surface area contributed by atoms with Crippen LogP contribution in [0, 0.1) is 0 Å². The summed E-state index contributed by atoms with van der Waals surface area (Å²) in [5.74, 6) is 0.790. The van der Waals surface area contributed by atoms with Crippen LogP contribution >= 0.6 is 11.6 Å². The van der Waals surface area contributed by atoms with Gasteiger partial charge in [-0.1, -0.05) is 48.0 Å². The second-order valence-corrected chi connectivity index (χ2v) is 4.70. The number of halogens is 1. The molecule has 1 heterocycles. The lowest BCUT2D eigenvalue weighted by atomic mass is 10.2. The molecule has 0 unspecified atom stereocenters. The van der Waals surface area contributed by atoms with Gasteiger partial charge in [-0.15, -0.1) is 5.10 Å². The fourth-order valence-corrected chi connectivity index (χ4v) is 2.20. The van der Waals surface area contributed by atoms with E-state index >= 15 is 0 Å². The maximum absolute atomic E-state index is 5.97. The SMILES string of the molecule is Clc1cccc(CNc2nncc3ccccc23)c1. The van der Waals surface area contributed by atoms with Crippen molar-refractivity contribution in [3.8, 4) is 0 Å². The normalized spacial score (nSPS) is 10.6. The van der Waals surface area contributed by atoms with Crippen molar-refractivity contribution in [3.63, 3.8) is 0 Å². The van der Waals surface area contributed by atoms with E-state index in [9.17, 15) is 0 Å². The van der Waals surface area contributed by atoms with E-state index < -0.39 is 0 Å². The summed E-state index contributed by atoms with van der Waals surface area (Å²) in [5.41, 5.74) is 1.11. The summed E-state index contributed by atoms with van der Waals surface area (Å²) >= 11 is 5.97. The number of rotatable bonds is 3. The fraction of sp³-hybridized carbons (Fsp3) is 0.0667. The Bertz CT molecular complexity index is 707. The molecule has 1 N–H and O–H groups in total. The van der Waals surface area contributed by atoms with Crippen LogP contribution < -0.4 is 5.32 Å². The Labute approximate surface area is 116 Å². The molecule has 1 aromatic heterocycles. The lowest BCUT2D eigenvalue weighted by molar-refractivity contribution is 1.02. The molecule has 0 aliphatic carbocycles. The Hall–Kier alpha value is -2.13. The number of aromatic nitrogens is 2. The first-order valence-electron chi connectivity index (χ1n) is 6.02. The van der Waals surface area contributed by atoms with Crippen LogP contribution in [0.2, 0.25) is 5.02 Å². The van der Waals surface area contributed by atoms with Crippen LogP contribution in [0.5, 0.6) is 0 Å². The summed E-state index contributed by atoms with van der Waals surface area (Å²) < 4.78 is 0. The quantitative estimate of drug-likeness (QED) is 0.784. The zero-order valence-corrected chi connectivity index (χ0v) is 10.9. The average molecular weight is 270 g/mol. The third-order valence-electron chi connectivity index (χ3n) is 2.92. The van der Waals surface area contributed by atoms with E-state index in [1.807, 2.05) is 48.5 Å². The number of hydrogen-bond donors (Lipinski definition) is 1. The molecule has 19 heavy (non-hydrogen) atoms. The standard InChI is InChI=1S/C15H12ClN3/c16-13-6-3-4-11(8-13)9-17-15-14-7-2-1-5-12(14)10-18-19-15/h1-8,10H,9H2,(H,17,19). The molecule has 0 aliphatic heterocycles. The van der Waals surface area contributed by atoms with Crippen molar-refractivity contribution in [1.82, 2.24) is 10.2 Å². The van der Waals surface area contributed by atoms with Gasteiger partial charge in [0.05, 0.1) is 6.20 Å². The molecule has 0 fully saturated rings. The highest BCUT2D eigenvalue weighted by atomic mass is 35.5. The van der Waals surface area contributed by atoms with Gasteiger partial charge >= 0.3 is 0 Å². The van der Waals surface area contributed by atoms with Crippen molar-refractivity contribution in [2.45, 2.75) is 6.54 Å². The number of fused-ring (bicyclic) bond motifs is 1. The number of anilines is 1. The summed E-state index contributed by atoms with van der Waals surface area (Å²) in [7, 11) is 0. The summed E-state index contributed by atoms with van der Waals surface area (Å²) in [6.07, 6.45) is 1.76. The average Bonchev–Trinajstić information content (AvgIpc) is 2.45. The fourth-order valence-electron chi connectivity index (χ4n) is 1.99. The zero-order valence-electron chi connectivity index (χ0n) is 10.2. The van der Waals surface area contributed by atoms with Crippen LogP contribution in [-0.4, -0.2) is 10.2 Å². The molecule has 94 valence electrons. The number of nitrogens with one attached hydrogen (secondary N) is 1. The topological polar surface area (TPSA) is 37.8 Å². The van der Waals surface area contributed by atoms with E-state index in [2.05, 4.69) is 15.5 Å². The molecule has 3 nitrogen and oxygen atoms in total. The van der Waals surface area contributed by atoms with Crippen LogP contribution in [0.1, 0.15) is 5.56 Å². The minimum atomic E-state index is 0.670. The Balaban J connectivity index is 1.86. The molecule has 0 saturated heterocycles. The van der Waals surface area contributed by atoms with Gasteiger partial charge in [-0.3, -0.25) is 0 Å². The zero-order chi connectivity index (χ0) is 13.1. The second-order valence-electron chi connectivity index (χ2n) is 4.26. The first-order valence-corrected chi connectivity index (χ1v) is 6.39. The third kappa shape index (κ3) is 2.66. The summed E-state index contributed by atoms with van der Waals surface area (Å²) in [6.45, 7) is 0.670. The van der Waals surface area contributed by atoms with Crippen LogP contribution in [0.4, 0.5) is 5.82 Å². The molecule has 0 bridgehead atoms. The molecule has 0 radical (unpaired) electrons. The predicted octanol–water partition coefficient (Wildman–Crippen LogP) is 3.90. The lowest BCUT2D eigenvalue weighted by Gasteiger charge is -2.08. The third-order valence-corrected chi connectivity index (χ3v) is 3.15. The first-order chi connectivity index (χ1) is 9.33. The van der Waals surface area contributed by atoms with Crippen LogP contribution in [0.25, 0.3) is 10.8 Å². The highest BCUT2D eigenvalue weighted by Crippen LogP contribution is 2.20. The van der Waals surface area contributed by atoms with Crippen molar-refractivity contribution in [2.75, 3.05) is 5.32 Å². The van der Waals surface area contributed by atoms with Crippen molar-refractivity contribution >= 4 is 28.2 Å². The van der Waals surface area contributed by atoms with Crippen LogP contribution in [0.15, 0.2) is 54.7 Å². The number of benzene rings is 2. The van der Waals surface area contributed by atoms with Crippen molar-refractivity contribution in [1.29, 1.82) is 0 Å². The molecule has 3 aromatic rings. The molecule has 0 spiro atoms. The van der Waals surface area contributed by atoms with Crippen molar-refractivity contribution in [2.24, 2.45) is 0 Å². The molecule has 0 aliphatic rings. The Kier molecular flexibility index (Phi) is 3.29. The molecule has 0 atom stereocenters. The van der Waals surface area contributed by atoms with E-state index in [1.54, 1.807) is 6.20 Å². The van der Waals surface area contributed by atoms with Gasteiger partial charge in [-0.2, -0.15) is 5.10 Å². The van der Waals surface area contributed by atoms with Crippen molar-refractivity contribution in [3.05, 3.63) is 65.3 Å². The van der Waals surface area contributed by atoms with E-state index in [4.69, 9.17) is 11.6 Å². The van der Waals surface area contributed by atoms with Gasteiger partial charge in [0.25, 0.3) is 0 Å². The van der Waals surface area contributed by atoms with Gasteiger partial charge in [0.1, 0.15) is 0 Å². The molecule has 4 heteroatoms. The summed E-state index contributed by atoms with van der Waals surface area (Å²) in [4.78, 5) is 0. The van der Waals surface area contributed by atoms with Gasteiger partial charge in [0, 0.05) is 22.3 Å². The van der Waals surface area contributed by atoms with Gasteiger partial charge in [-0.25, -0.2) is 0 Å². The molecular weight excluding hydrogens is 258 g/mol. The maximum atomic E-state index is 5.97. The lowest BCUT2D eigenvalue weighted by Crippen LogP contribution is -2.02. The highest BCUT2D eigenvalue weighted by molar-refractivity contribution is 6.30. The van der Waals surface area contributed by atoms with Crippen LogP contribution in [-0.2, 0) is 6.54 Å². The molecule has 0 saturated carbocycles. The molecule has 0 amide bonds.